The fourth-order valence-electron chi connectivity index (χ4n) is 0.772. The molecule has 0 heterocycles. The van der Waals surface area contributed by atoms with Crippen molar-refractivity contribution in [2.45, 2.75) is 32.1 Å². The minimum absolute atomic E-state index is 0.00271. The van der Waals surface area contributed by atoms with Crippen molar-refractivity contribution in [3.8, 4) is 0 Å². The predicted octanol–water partition coefficient (Wildman–Crippen LogP) is 1.64. The van der Waals surface area contributed by atoms with E-state index in [-0.39, 0.29) is 4.87 Å². The quantitative estimate of drug-likeness (QED) is 0.271. The number of nitrogens with one attached hydrogen (secondary N) is 1. The van der Waals surface area contributed by atoms with Crippen LogP contribution in [0.3, 0.4) is 0 Å². The Morgan fingerprint density at radius 1 is 1.70 bits per heavy atom. The monoisotopic (exact) mass is 158 g/mol. The highest BCUT2D eigenvalue weighted by Gasteiger charge is 2.48. The lowest BCUT2D eigenvalue weighted by Crippen LogP contribution is -2.22. The minimum Gasteiger partial charge on any atom is -0.294 e. The molecular weight excluding hydrogens is 144 g/mol. The second kappa shape index (κ2) is 2.46. The van der Waals surface area contributed by atoms with Gasteiger partial charge in [0.25, 0.3) is 0 Å². The molecule has 1 N–H and O–H groups in total. The first-order valence-electron chi connectivity index (χ1n) is 3.55. The van der Waals surface area contributed by atoms with Crippen LogP contribution < -0.4 is 5.43 Å². The highest BCUT2D eigenvalue weighted by molar-refractivity contribution is 7.82. The molecule has 0 aromatic heterocycles. The highest BCUT2D eigenvalue weighted by atomic mass is 32.1. The number of rotatable bonds is 2. The normalized spacial score (nSPS) is 37.0. The van der Waals surface area contributed by atoms with E-state index in [1.54, 1.807) is 0 Å². The first-order chi connectivity index (χ1) is 4.54. The Labute approximate surface area is 67.5 Å². The van der Waals surface area contributed by atoms with Crippen LogP contribution in [0.2, 0.25) is 0 Å². The van der Waals surface area contributed by atoms with E-state index in [4.69, 9.17) is 0 Å². The third kappa shape index (κ3) is 1.66. The Kier molecular flexibility index (Phi) is 1.95. The van der Waals surface area contributed by atoms with Crippen LogP contribution in [0.25, 0.3) is 0 Å². The fourth-order valence-corrected chi connectivity index (χ4v) is 1.10. The smallest absolute Gasteiger partial charge is 0.1000 e. The number of nitrogens with zero attached hydrogens (tertiary/aromatic N) is 1. The molecule has 0 amide bonds. The maximum absolute atomic E-state index is 4.42. The van der Waals surface area contributed by atoms with E-state index < -0.39 is 0 Å². The molecule has 2 atom stereocenters. The fraction of sp³-hybridized carbons (Fsp3) is 0.857. The first kappa shape index (κ1) is 7.92. The Morgan fingerprint density at radius 2 is 2.20 bits per heavy atom. The summed E-state index contributed by atoms with van der Waals surface area (Å²) in [5, 5.41) is 4.10. The van der Waals surface area contributed by atoms with Crippen molar-refractivity contribution in [2.75, 3.05) is 0 Å². The SMILES string of the molecule is CC(C)=NNC1(S)CC1C. The van der Waals surface area contributed by atoms with E-state index in [1.165, 1.54) is 0 Å². The molecule has 1 saturated carbocycles. The maximum Gasteiger partial charge on any atom is 0.1000 e. The van der Waals surface area contributed by atoms with E-state index in [0.717, 1.165) is 12.1 Å². The van der Waals surface area contributed by atoms with Gasteiger partial charge in [0.2, 0.25) is 0 Å². The summed E-state index contributed by atoms with van der Waals surface area (Å²) in [6.07, 6.45) is 1.12. The molecule has 0 bridgehead atoms. The molecule has 0 aromatic carbocycles. The average molecular weight is 158 g/mol. The Hall–Kier alpha value is -0.180. The summed E-state index contributed by atoms with van der Waals surface area (Å²) in [5.41, 5.74) is 4.08. The molecule has 2 nitrogen and oxygen atoms in total. The molecule has 0 aromatic rings. The molecule has 0 spiro atoms. The van der Waals surface area contributed by atoms with Crippen molar-refractivity contribution >= 4 is 18.3 Å². The van der Waals surface area contributed by atoms with Crippen molar-refractivity contribution in [3.63, 3.8) is 0 Å². The van der Waals surface area contributed by atoms with Gasteiger partial charge in [-0.3, -0.25) is 5.43 Å². The maximum atomic E-state index is 4.42. The summed E-state index contributed by atoms with van der Waals surface area (Å²) >= 11 is 4.42. The van der Waals surface area contributed by atoms with Crippen molar-refractivity contribution in [1.29, 1.82) is 0 Å². The first-order valence-corrected chi connectivity index (χ1v) is 4.00. The molecule has 1 aliphatic rings. The lowest BCUT2D eigenvalue weighted by molar-refractivity contribution is 0.649. The lowest BCUT2D eigenvalue weighted by atomic mass is 10.5. The molecule has 3 heteroatoms. The molecule has 10 heavy (non-hydrogen) atoms. The number of thiol groups is 1. The molecule has 1 aliphatic carbocycles. The third-order valence-corrected chi connectivity index (χ3v) is 2.47. The predicted molar refractivity (Wildman–Crippen MR) is 47.4 cm³/mol. The summed E-state index contributed by atoms with van der Waals surface area (Å²) in [5.74, 6) is 0.652. The van der Waals surface area contributed by atoms with Crippen LogP contribution in [-0.2, 0) is 0 Å². The minimum atomic E-state index is -0.00271. The number of hydrogen-bond donors (Lipinski definition) is 2. The third-order valence-electron chi connectivity index (χ3n) is 1.75. The summed E-state index contributed by atoms with van der Waals surface area (Å²) in [7, 11) is 0. The van der Waals surface area contributed by atoms with Crippen LogP contribution in [0.4, 0.5) is 0 Å². The van der Waals surface area contributed by atoms with Crippen molar-refractivity contribution in [3.05, 3.63) is 0 Å². The standard InChI is InChI=1S/C7H14N2S/c1-5(2)8-9-7(10)4-6(7)3/h6,9-10H,4H2,1-3H3. The van der Waals surface area contributed by atoms with Gasteiger partial charge in [0.15, 0.2) is 0 Å². The summed E-state index contributed by atoms with van der Waals surface area (Å²) in [6, 6.07) is 0. The van der Waals surface area contributed by atoms with Crippen LogP contribution in [0.15, 0.2) is 5.10 Å². The summed E-state index contributed by atoms with van der Waals surface area (Å²) < 4.78 is 0. The van der Waals surface area contributed by atoms with Crippen molar-refractivity contribution < 1.29 is 0 Å². The molecule has 0 aliphatic heterocycles. The van der Waals surface area contributed by atoms with E-state index in [2.05, 4.69) is 30.1 Å². The highest BCUT2D eigenvalue weighted by Crippen LogP contribution is 2.46. The molecule has 0 saturated heterocycles. The lowest BCUT2D eigenvalue weighted by Gasteiger charge is -2.07. The molecule has 0 radical (unpaired) electrons. The van der Waals surface area contributed by atoms with E-state index in [9.17, 15) is 0 Å². The van der Waals surface area contributed by atoms with E-state index >= 15 is 0 Å². The molecule has 58 valence electrons. The van der Waals surface area contributed by atoms with Gasteiger partial charge in [0.1, 0.15) is 0 Å². The van der Waals surface area contributed by atoms with Crippen LogP contribution in [0, 0.1) is 5.92 Å². The number of hydrazone groups is 1. The van der Waals surface area contributed by atoms with Gasteiger partial charge in [-0.05, 0) is 26.2 Å². The topological polar surface area (TPSA) is 24.4 Å². The van der Waals surface area contributed by atoms with Gasteiger partial charge in [-0.25, -0.2) is 0 Å². The van der Waals surface area contributed by atoms with Crippen LogP contribution in [0.5, 0.6) is 0 Å². The Balaban J connectivity index is 2.34. The van der Waals surface area contributed by atoms with Crippen molar-refractivity contribution in [1.82, 2.24) is 5.43 Å². The average Bonchev–Trinajstić information content (AvgIpc) is 2.38. The van der Waals surface area contributed by atoms with Gasteiger partial charge in [0.05, 0.1) is 4.87 Å². The zero-order chi connectivity index (χ0) is 7.78. The van der Waals surface area contributed by atoms with Gasteiger partial charge in [-0.2, -0.15) is 5.10 Å². The van der Waals surface area contributed by atoms with Crippen molar-refractivity contribution in [2.24, 2.45) is 11.0 Å². The van der Waals surface area contributed by atoms with E-state index in [1.807, 2.05) is 13.8 Å². The van der Waals surface area contributed by atoms with Crippen LogP contribution in [-0.4, -0.2) is 10.6 Å². The van der Waals surface area contributed by atoms with E-state index in [0.29, 0.717) is 5.92 Å². The molecular formula is C7H14N2S. The summed E-state index contributed by atoms with van der Waals surface area (Å²) in [6.45, 7) is 6.11. The largest absolute Gasteiger partial charge is 0.294 e. The van der Waals surface area contributed by atoms with Gasteiger partial charge in [-0.15, -0.1) is 12.6 Å². The zero-order valence-electron chi connectivity index (χ0n) is 6.68. The number of hydrogen-bond acceptors (Lipinski definition) is 3. The van der Waals surface area contributed by atoms with Gasteiger partial charge >= 0.3 is 0 Å². The molecule has 1 fully saturated rings. The molecule has 2 unspecified atom stereocenters. The second-order valence-electron chi connectivity index (χ2n) is 3.20. The zero-order valence-corrected chi connectivity index (χ0v) is 7.57. The van der Waals surface area contributed by atoms with Crippen LogP contribution >= 0.6 is 12.6 Å². The summed E-state index contributed by atoms with van der Waals surface area (Å²) in [4.78, 5) is -0.00271. The molecule has 1 rings (SSSR count). The van der Waals surface area contributed by atoms with Crippen LogP contribution in [0.1, 0.15) is 27.2 Å². The van der Waals surface area contributed by atoms with Gasteiger partial charge < -0.3 is 0 Å². The van der Waals surface area contributed by atoms with Gasteiger partial charge in [0, 0.05) is 5.71 Å². The Bertz CT molecular complexity index is 163. The second-order valence-corrected chi connectivity index (χ2v) is 4.00. The Morgan fingerprint density at radius 3 is 2.50 bits per heavy atom. The van der Waals surface area contributed by atoms with Gasteiger partial charge in [-0.1, -0.05) is 6.92 Å².